The molecule has 1 fully saturated rings. The third-order valence-electron chi connectivity index (χ3n) is 3.85. The highest BCUT2D eigenvalue weighted by atomic mass is 32.2. The maximum absolute atomic E-state index is 12.7. The topological polar surface area (TPSA) is 97.5 Å². The van der Waals surface area contributed by atoms with E-state index in [0.29, 0.717) is 24.1 Å². The summed E-state index contributed by atoms with van der Waals surface area (Å²) in [6.07, 6.45) is 0.896. The zero-order valence-corrected chi connectivity index (χ0v) is 13.7. The summed E-state index contributed by atoms with van der Waals surface area (Å²) in [4.78, 5) is 0.164. The van der Waals surface area contributed by atoms with Gasteiger partial charge in [0.2, 0.25) is 10.0 Å². The van der Waals surface area contributed by atoms with Gasteiger partial charge < -0.3 is 5.73 Å². The van der Waals surface area contributed by atoms with Crippen molar-refractivity contribution in [2.24, 2.45) is 0 Å². The highest BCUT2D eigenvalue weighted by Gasteiger charge is 2.37. The molecule has 21 heavy (non-hydrogen) atoms. The van der Waals surface area contributed by atoms with Crippen LogP contribution in [0.15, 0.2) is 23.1 Å². The van der Waals surface area contributed by atoms with E-state index in [1.807, 2.05) is 6.92 Å². The Morgan fingerprint density at radius 2 is 2.05 bits per heavy atom. The summed E-state index contributed by atoms with van der Waals surface area (Å²) in [7, 11) is -5.45. The number of hydrogen-bond donors (Lipinski definition) is 1. The van der Waals surface area contributed by atoms with Crippen molar-refractivity contribution in [3.63, 3.8) is 0 Å². The first-order valence-corrected chi connectivity index (χ1v) is 10.0. The fourth-order valence-corrected chi connectivity index (χ4v) is 6.10. The largest absolute Gasteiger partial charge is 0.399 e. The number of sulfonamides is 1. The molecule has 1 aliphatic heterocycles. The molecule has 1 heterocycles. The first-order valence-electron chi connectivity index (χ1n) is 6.74. The molecule has 6 nitrogen and oxygen atoms in total. The van der Waals surface area contributed by atoms with E-state index >= 15 is 0 Å². The Bertz CT molecular complexity index is 741. The number of sulfone groups is 1. The van der Waals surface area contributed by atoms with Crippen molar-refractivity contribution >= 4 is 25.5 Å². The van der Waals surface area contributed by atoms with Gasteiger partial charge in [0.1, 0.15) is 0 Å². The molecule has 0 radical (unpaired) electrons. The fraction of sp³-hybridized carbons (Fsp3) is 0.538. The van der Waals surface area contributed by atoms with Crippen molar-refractivity contribution in [1.29, 1.82) is 0 Å². The number of aryl methyl sites for hydroxylation is 1. The van der Waals surface area contributed by atoms with Crippen LogP contribution in [0.5, 0.6) is 0 Å². The zero-order valence-electron chi connectivity index (χ0n) is 12.1. The SMILES string of the molecule is CCc1ccc(N)cc1S(=O)(=O)N(C)C1CCS(=O)(=O)C1. The maximum Gasteiger partial charge on any atom is 0.243 e. The van der Waals surface area contributed by atoms with E-state index < -0.39 is 25.9 Å². The molecule has 1 aromatic rings. The number of hydrogen-bond acceptors (Lipinski definition) is 5. The summed E-state index contributed by atoms with van der Waals surface area (Å²) in [5, 5.41) is 0. The van der Waals surface area contributed by atoms with Gasteiger partial charge in [-0.15, -0.1) is 0 Å². The molecule has 118 valence electrons. The minimum absolute atomic E-state index is 0.0368. The lowest BCUT2D eigenvalue weighted by molar-refractivity contribution is 0.393. The molecule has 1 atom stereocenters. The van der Waals surface area contributed by atoms with Crippen molar-refractivity contribution in [2.45, 2.75) is 30.7 Å². The first-order chi connectivity index (χ1) is 9.67. The van der Waals surface area contributed by atoms with Crippen molar-refractivity contribution in [3.05, 3.63) is 23.8 Å². The van der Waals surface area contributed by atoms with Gasteiger partial charge in [0, 0.05) is 18.8 Å². The van der Waals surface area contributed by atoms with Gasteiger partial charge in [-0.25, -0.2) is 16.8 Å². The van der Waals surface area contributed by atoms with Crippen LogP contribution in [0.2, 0.25) is 0 Å². The van der Waals surface area contributed by atoms with Gasteiger partial charge in [-0.2, -0.15) is 4.31 Å². The Balaban J connectivity index is 2.40. The van der Waals surface area contributed by atoms with Gasteiger partial charge in [-0.1, -0.05) is 13.0 Å². The van der Waals surface area contributed by atoms with E-state index in [1.165, 1.54) is 17.4 Å². The zero-order chi connectivity index (χ0) is 15.8. The second-order valence-electron chi connectivity index (χ2n) is 5.30. The predicted molar refractivity (Wildman–Crippen MR) is 82.2 cm³/mol. The monoisotopic (exact) mass is 332 g/mol. The molecule has 0 bridgehead atoms. The van der Waals surface area contributed by atoms with Gasteiger partial charge in [0.15, 0.2) is 9.84 Å². The Morgan fingerprint density at radius 1 is 1.38 bits per heavy atom. The van der Waals surface area contributed by atoms with E-state index in [0.717, 1.165) is 0 Å². The lowest BCUT2D eigenvalue weighted by atomic mass is 10.1. The lowest BCUT2D eigenvalue weighted by Gasteiger charge is -2.24. The van der Waals surface area contributed by atoms with Gasteiger partial charge >= 0.3 is 0 Å². The van der Waals surface area contributed by atoms with E-state index in [9.17, 15) is 16.8 Å². The summed E-state index contributed by atoms with van der Waals surface area (Å²) in [6, 6.07) is 4.29. The molecule has 0 saturated carbocycles. The van der Waals surface area contributed by atoms with E-state index in [4.69, 9.17) is 5.73 Å². The summed E-state index contributed by atoms with van der Waals surface area (Å²) >= 11 is 0. The summed E-state index contributed by atoms with van der Waals surface area (Å²) in [6.45, 7) is 1.87. The van der Waals surface area contributed by atoms with Gasteiger partial charge in [0.25, 0.3) is 0 Å². The number of anilines is 1. The molecule has 0 aromatic heterocycles. The van der Waals surface area contributed by atoms with Crippen LogP contribution in [0, 0.1) is 0 Å². The van der Waals surface area contributed by atoms with Crippen LogP contribution < -0.4 is 5.73 Å². The van der Waals surface area contributed by atoms with E-state index in [1.54, 1.807) is 12.1 Å². The molecule has 0 amide bonds. The van der Waals surface area contributed by atoms with Crippen molar-refractivity contribution in [3.8, 4) is 0 Å². The lowest BCUT2D eigenvalue weighted by Crippen LogP contribution is -2.38. The molecule has 1 unspecified atom stereocenters. The second-order valence-corrected chi connectivity index (χ2v) is 9.49. The molecule has 8 heteroatoms. The minimum Gasteiger partial charge on any atom is -0.399 e. The number of rotatable bonds is 4. The molecule has 0 aliphatic carbocycles. The standard InChI is InChI=1S/C13H20N2O4S2/c1-3-10-4-5-11(14)8-13(10)21(18,19)15(2)12-6-7-20(16,17)9-12/h4-5,8,12H,3,6-7,9,14H2,1-2H3. The number of nitrogen functional groups attached to an aromatic ring is 1. The van der Waals surface area contributed by atoms with Crippen LogP contribution >= 0.6 is 0 Å². The Morgan fingerprint density at radius 3 is 2.57 bits per heavy atom. The Hall–Kier alpha value is -1.12. The average Bonchev–Trinajstić information content (AvgIpc) is 2.78. The van der Waals surface area contributed by atoms with Gasteiger partial charge in [-0.3, -0.25) is 0 Å². The Kier molecular flexibility index (Phi) is 4.32. The number of benzene rings is 1. The molecule has 1 saturated heterocycles. The fourth-order valence-electron chi connectivity index (χ4n) is 2.52. The van der Waals surface area contributed by atoms with Crippen LogP contribution in [0.1, 0.15) is 18.9 Å². The average molecular weight is 332 g/mol. The second kappa shape index (κ2) is 5.58. The van der Waals surface area contributed by atoms with Crippen LogP contribution in [-0.2, 0) is 26.3 Å². The molecular weight excluding hydrogens is 312 g/mol. The van der Waals surface area contributed by atoms with Crippen molar-refractivity contribution in [2.75, 3.05) is 24.3 Å². The third-order valence-corrected chi connectivity index (χ3v) is 7.59. The number of nitrogens with zero attached hydrogens (tertiary/aromatic N) is 1. The van der Waals surface area contributed by atoms with Crippen LogP contribution in [0.4, 0.5) is 5.69 Å². The Labute approximate surface area is 125 Å². The molecule has 1 aromatic carbocycles. The third kappa shape index (κ3) is 3.22. The molecule has 2 rings (SSSR count). The quantitative estimate of drug-likeness (QED) is 0.816. The predicted octanol–water partition coefficient (Wildman–Crippen LogP) is 0.639. The van der Waals surface area contributed by atoms with E-state index in [2.05, 4.69) is 0 Å². The van der Waals surface area contributed by atoms with Crippen LogP contribution in [-0.4, -0.2) is 45.7 Å². The van der Waals surface area contributed by atoms with Gasteiger partial charge in [-0.05, 0) is 30.5 Å². The maximum atomic E-state index is 12.7. The normalized spacial score (nSPS) is 21.8. The summed E-state index contributed by atoms with van der Waals surface area (Å²) in [5.41, 5.74) is 6.75. The number of nitrogens with two attached hydrogens (primary N) is 1. The minimum atomic E-state index is -3.75. The van der Waals surface area contributed by atoms with Crippen LogP contribution in [0.25, 0.3) is 0 Å². The highest BCUT2D eigenvalue weighted by Crippen LogP contribution is 2.27. The molecule has 0 spiro atoms. The summed E-state index contributed by atoms with van der Waals surface area (Å²) in [5.74, 6) is -0.0818. The molecule has 2 N–H and O–H groups in total. The van der Waals surface area contributed by atoms with Crippen molar-refractivity contribution < 1.29 is 16.8 Å². The summed E-state index contributed by atoms with van der Waals surface area (Å²) < 4.78 is 49.7. The molecular formula is C13H20N2O4S2. The van der Waals surface area contributed by atoms with Crippen molar-refractivity contribution in [1.82, 2.24) is 4.31 Å². The van der Waals surface area contributed by atoms with E-state index in [-0.39, 0.29) is 16.4 Å². The molecule has 1 aliphatic rings. The van der Waals surface area contributed by atoms with Gasteiger partial charge in [0.05, 0.1) is 16.4 Å². The smallest absolute Gasteiger partial charge is 0.243 e. The van der Waals surface area contributed by atoms with Crippen LogP contribution in [0.3, 0.4) is 0 Å². The highest BCUT2D eigenvalue weighted by molar-refractivity contribution is 7.92. The first kappa shape index (κ1) is 16.3.